The zero-order chi connectivity index (χ0) is 18.1. The number of nitrogens with one attached hydrogen (secondary N) is 1. The number of aromatic nitrogens is 1. The second-order valence-electron chi connectivity index (χ2n) is 7.48. The lowest BCUT2D eigenvalue weighted by molar-refractivity contribution is -0.123. The van der Waals surface area contributed by atoms with Gasteiger partial charge in [0.15, 0.2) is 0 Å². The van der Waals surface area contributed by atoms with Crippen molar-refractivity contribution in [1.29, 1.82) is 0 Å². The molecule has 1 aromatic carbocycles. The molecule has 5 heteroatoms. The first kappa shape index (κ1) is 16.8. The summed E-state index contributed by atoms with van der Waals surface area (Å²) in [6.07, 6.45) is 5.25. The van der Waals surface area contributed by atoms with Gasteiger partial charge in [0, 0.05) is 48.9 Å². The van der Waals surface area contributed by atoms with Gasteiger partial charge in [-0.25, -0.2) is 0 Å². The van der Waals surface area contributed by atoms with Crippen LogP contribution in [0.25, 0.3) is 0 Å². The summed E-state index contributed by atoms with van der Waals surface area (Å²) in [6, 6.07) is 11.5. The SMILES string of the molecule is Cc1ccccc1C(=O)N1CC[C@@]2(C[C@@H]2C(=O)NCc2ccncc2)C1. The molecule has 2 aliphatic rings. The fourth-order valence-electron chi connectivity index (χ4n) is 4.03. The number of hydrogen-bond donors (Lipinski definition) is 1. The molecule has 134 valence electrons. The van der Waals surface area contributed by atoms with Crippen LogP contribution in [0.3, 0.4) is 0 Å². The number of likely N-dealkylation sites (tertiary alicyclic amines) is 1. The molecule has 1 aromatic heterocycles. The third-order valence-corrected chi connectivity index (χ3v) is 5.77. The summed E-state index contributed by atoms with van der Waals surface area (Å²) in [5, 5.41) is 3.03. The van der Waals surface area contributed by atoms with Gasteiger partial charge in [-0.2, -0.15) is 0 Å². The summed E-state index contributed by atoms with van der Waals surface area (Å²) in [7, 11) is 0. The van der Waals surface area contributed by atoms with Crippen molar-refractivity contribution in [3.05, 3.63) is 65.5 Å². The second kappa shape index (κ2) is 6.56. The molecule has 2 fully saturated rings. The Labute approximate surface area is 153 Å². The number of hydrogen-bond acceptors (Lipinski definition) is 3. The van der Waals surface area contributed by atoms with Gasteiger partial charge in [0.2, 0.25) is 5.91 Å². The van der Waals surface area contributed by atoms with Crippen LogP contribution in [-0.4, -0.2) is 34.8 Å². The van der Waals surface area contributed by atoms with Crippen LogP contribution in [0.5, 0.6) is 0 Å². The van der Waals surface area contributed by atoms with Gasteiger partial charge in [0.05, 0.1) is 0 Å². The monoisotopic (exact) mass is 349 g/mol. The Balaban J connectivity index is 1.35. The van der Waals surface area contributed by atoms with Crippen molar-refractivity contribution in [1.82, 2.24) is 15.2 Å². The van der Waals surface area contributed by atoms with Crippen LogP contribution in [-0.2, 0) is 11.3 Å². The molecule has 1 aliphatic carbocycles. The largest absolute Gasteiger partial charge is 0.352 e. The molecule has 4 rings (SSSR count). The molecule has 0 bridgehead atoms. The fraction of sp³-hybridized carbons (Fsp3) is 0.381. The molecule has 2 heterocycles. The second-order valence-corrected chi connectivity index (χ2v) is 7.48. The minimum Gasteiger partial charge on any atom is -0.352 e. The Kier molecular flexibility index (Phi) is 4.23. The zero-order valence-electron chi connectivity index (χ0n) is 14.9. The van der Waals surface area contributed by atoms with Gasteiger partial charge >= 0.3 is 0 Å². The van der Waals surface area contributed by atoms with Crippen molar-refractivity contribution in [2.75, 3.05) is 13.1 Å². The molecule has 1 N–H and O–H groups in total. The van der Waals surface area contributed by atoms with Crippen LogP contribution >= 0.6 is 0 Å². The minimum atomic E-state index is -0.0132. The number of rotatable bonds is 4. The van der Waals surface area contributed by atoms with Crippen LogP contribution in [0.2, 0.25) is 0 Å². The molecule has 1 saturated heterocycles. The highest BCUT2D eigenvalue weighted by atomic mass is 16.2. The van der Waals surface area contributed by atoms with E-state index in [1.54, 1.807) is 12.4 Å². The molecule has 2 amide bonds. The summed E-state index contributed by atoms with van der Waals surface area (Å²) in [5.74, 6) is 0.217. The fourth-order valence-corrected chi connectivity index (χ4v) is 4.03. The van der Waals surface area contributed by atoms with Crippen molar-refractivity contribution in [2.45, 2.75) is 26.3 Å². The number of benzene rings is 1. The predicted molar refractivity (Wildman–Crippen MR) is 98.3 cm³/mol. The van der Waals surface area contributed by atoms with Crippen molar-refractivity contribution in [2.24, 2.45) is 11.3 Å². The van der Waals surface area contributed by atoms with E-state index in [9.17, 15) is 9.59 Å². The molecule has 5 nitrogen and oxygen atoms in total. The molecule has 1 saturated carbocycles. The lowest BCUT2D eigenvalue weighted by Crippen LogP contribution is -2.31. The van der Waals surface area contributed by atoms with E-state index < -0.39 is 0 Å². The lowest BCUT2D eigenvalue weighted by Gasteiger charge is -2.18. The maximum Gasteiger partial charge on any atom is 0.254 e. The molecule has 1 aliphatic heterocycles. The van der Waals surface area contributed by atoms with Crippen LogP contribution < -0.4 is 5.32 Å². The van der Waals surface area contributed by atoms with Gasteiger partial charge in [0.1, 0.15) is 0 Å². The lowest BCUT2D eigenvalue weighted by atomic mass is 10.0. The third-order valence-electron chi connectivity index (χ3n) is 5.77. The Bertz CT molecular complexity index is 836. The van der Waals surface area contributed by atoms with E-state index in [0.717, 1.165) is 36.1 Å². The van der Waals surface area contributed by atoms with Gasteiger partial charge < -0.3 is 10.2 Å². The first-order valence-corrected chi connectivity index (χ1v) is 9.11. The highest BCUT2D eigenvalue weighted by Gasteiger charge is 2.61. The van der Waals surface area contributed by atoms with E-state index in [4.69, 9.17) is 0 Å². The number of amides is 2. The van der Waals surface area contributed by atoms with E-state index in [1.165, 1.54) is 0 Å². The standard InChI is InChI=1S/C21H23N3O2/c1-15-4-2-3-5-17(15)20(26)24-11-8-21(14-24)12-18(21)19(25)23-13-16-6-9-22-10-7-16/h2-7,9-10,18H,8,11-14H2,1H3,(H,23,25)/t18-,21-/m1/s1. The summed E-state index contributed by atoms with van der Waals surface area (Å²) in [4.78, 5) is 31.2. The van der Waals surface area contributed by atoms with Gasteiger partial charge in [-0.1, -0.05) is 18.2 Å². The van der Waals surface area contributed by atoms with Crippen molar-refractivity contribution in [3.63, 3.8) is 0 Å². The molecule has 0 unspecified atom stereocenters. The van der Waals surface area contributed by atoms with Crippen LogP contribution in [0.4, 0.5) is 0 Å². The van der Waals surface area contributed by atoms with Crippen LogP contribution in [0.1, 0.15) is 34.3 Å². The van der Waals surface area contributed by atoms with Crippen molar-refractivity contribution < 1.29 is 9.59 Å². The Hall–Kier alpha value is -2.69. The van der Waals surface area contributed by atoms with Gasteiger partial charge in [-0.3, -0.25) is 14.6 Å². The molecule has 26 heavy (non-hydrogen) atoms. The highest BCUT2D eigenvalue weighted by Crippen LogP contribution is 2.58. The van der Waals surface area contributed by atoms with Gasteiger partial charge in [0.25, 0.3) is 5.91 Å². The Morgan fingerprint density at radius 3 is 2.77 bits per heavy atom. The number of aryl methyl sites for hydroxylation is 1. The topological polar surface area (TPSA) is 62.3 Å². The molecule has 0 radical (unpaired) electrons. The summed E-state index contributed by atoms with van der Waals surface area (Å²) >= 11 is 0. The average molecular weight is 349 g/mol. The van der Waals surface area contributed by atoms with E-state index in [0.29, 0.717) is 13.1 Å². The summed E-state index contributed by atoms with van der Waals surface area (Å²) in [6.45, 7) is 3.92. The van der Waals surface area contributed by atoms with Crippen LogP contribution in [0.15, 0.2) is 48.8 Å². The summed E-state index contributed by atoms with van der Waals surface area (Å²) in [5.41, 5.74) is 2.80. The maximum atomic E-state index is 12.8. The molecular formula is C21H23N3O2. The highest BCUT2D eigenvalue weighted by molar-refractivity contribution is 5.96. The number of pyridine rings is 1. The molecule has 1 spiro atoms. The number of carbonyl (C=O) groups is 2. The van der Waals surface area contributed by atoms with E-state index in [-0.39, 0.29) is 23.1 Å². The third kappa shape index (κ3) is 3.09. The van der Waals surface area contributed by atoms with Crippen molar-refractivity contribution >= 4 is 11.8 Å². The van der Waals surface area contributed by atoms with Gasteiger partial charge in [-0.05, 0) is 49.1 Å². The van der Waals surface area contributed by atoms with E-state index in [2.05, 4.69) is 10.3 Å². The van der Waals surface area contributed by atoms with E-state index >= 15 is 0 Å². The molecule has 2 aromatic rings. The Morgan fingerprint density at radius 1 is 1.23 bits per heavy atom. The number of carbonyl (C=O) groups excluding carboxylic acids is 2. The molecule has 2 atom stereocenters. The van der Waals surface area contributed by atoms with Crippen LogP contribution in [0, 0.1) is 18.3 Å². The van der Waals surface area contributed by atoms with E-state index in [1.807, 2.05) is 48.2 Å². The minimum absolute atomic E-state index is 0.0132. The summed E-state index contributed by atoms with van der Waals surface area (Å²) < 4.78 is 0. The number of nitrogens with zero attached hydrogens (tertiary/aromatic N) is 2. The smallest absolute Gasteiger partial charge is 0.254 e. The first-order valence-electron chi connectivity index (χ1n) is 9.11. The normalized spacial score (nSPS) is 23.9. The maximum absolute atomic E-state index is 12.8. The Morgan fingerprint density at radius 2 is 2.00 bits per heavy atom. The quantitative estimate of drug-likeness (QED) is 0.923. The average Bonchev–Trinajstić information content (AvgIpc) is 3.20. The van der Waals surface area contributed by atoms with Crippen molar-refractivity contribution in [3.8, 4) is 0 Å². The first-order chi connectivity index (χ1) is 12.6. The molecular weight excluding hydrogens is 326 g/mol. The zero-order valence-corrected chi connectivity index (χ0v) is 14.9. The predicted octanol–water partition coefficient (Wildman–Crippen LogP) is 2.56. The van der Waals surface area contributed by atoms with Gasteiger partial charge in [-0.15, -0.1) is 0 Å².